The van der Waals surface area contributed by atoms with E-state index in [1.54, 1.807) is 0 Å². The highest BCUT2D eigenvalue weighted by Crippen LogP contribution is 2.43. The first-order valence-electron chi connectivity index (χ1n) is 28.1. The van der Waals surface area contributed by atoms with E-state index in [4.69, 9.17) is 0 Å². The average Bonchev–Trinajstić information content (AvgIpc) is 4.30. The molecule has 0 bridgehead atoms. The molecule has 0 saturated heterocycles. The summed E-state index contributed by atoms with van der Waals surface area (Å²) in [7, 11) is 0. The first kappa shape index (κ1) is 53.4. The van der Waals surface area contributed by atoms with Crippen LogP contribution in [0.15, 0.2) is 133 Å². The third kappa shape index (κ3) is 14.1. The van der Waals surface area contributed by atoms with Crippen LogP contribution in [-0.2, 0) is 25.7 Å². The van der Waals surface area contributed by atoms with E-state index < -0.39 is 0 Å². The molecule has 5 aromatic carbocycles. The summed E-state index contributed by atoms with van der Waals surface area (Å²) in [5.74, 6) is 15.0. The third-order valence-electron chi connectivity index (χ3n) is 14.5. The lowest BCUT2D eigenvalue weighted by Gasteiger charge is -2.13. The number of unbranched alkanes of at least 4 members (excludes halogenated alkanes) is 12. The fourth-order valence-corrected chi connectivity index (χ4v) is 14.4. The predicted octanol–water partition coefficient (Wildman–Crippen LogP) is 22.2. The normalized spacial score (nSPS) is 11.3. The molecule has 9 rings (SSSR count). The van der Waals surface area contributed by atoms with Crippen LogP contribution >= 0.6 is 45.3 Å². The van der Waals surface area contributed by atoms with Gasteiger partial charge in [-0.15, -0.1) is 45.3 Å². The van der Waals surface area contributed by atoms with Gasteiger partial charge in [0.25, 0.3) is 0 Å². The van der Waals surface area contributed by atoms with Crippen molar-refractivity contribution in [3.63, 3.8) is 0 Å². The Morgan fingerprint density at radius 1 is 0.284 bits per heavy atom. The Balaban J connectivity index is 1.13. The van der Waals surface area contributed by atoms with Gasteiger partial charge in [0.2, 0.25) is 0 Å². The Morgan fingerprint density at radius 3 is 1.03 bits per heavy atom. The molecule has 0 N–H and O–H groups in total. The van der Waals surface area contributed by atoms with Crippen molar-refractivity contribution < 1.29 is 0 Å². The summed E-state index contributed by atoms with van der Waals surface area (Å²) < 4.78 is 0. The largest absolute Gasteiger partial charge is 0.139 e. The van der Waals surface area contributed by atoms with Gasteiger partial charge in [-0.3, -0.25) is 0 Å². The van der Waals surface area contributed by atoms with Gasteiger partial charge < -0.3 is 0 Å². The van der Waals surface area contributed by atoms with Crippen LogP contribution in [0, 0.1) is 23.7 Å². The molecule has 0 nitrogen and oxygen atoms in total. The molecule has 4 heterocycles. The molecule has 74 heavy (non-hydrogen) atoms. The number of benzene rings is 5. The molecule has 0 amide bonds. The summed E-state index contributed by atoms with van der Waals surface area (Å²) >= 11 is 7.72. The first-order valence-corrected chi connectivity index (χ1v) is 31.4. The Hall–Kier alpha value is -5.46. The molecule has 4 heteroatoms. The third-order valence-corrected chi connectivity index (χ3v) is 19.4. The van der Waals surface area contributed by atoms with E-state index in [0.29, 0.717) is 0 Å². The summed E-state index contributed by atoms with van der Waals surface area (Å²) in [4.78, 5) is 10.9. The number of aryl methyl sites for hydroxylation is 4. The van der Waals surface area contributed by atoms with Gasteiger partial charge in [0.1, 0.15) is 0 Å². The molecule has 0 spiro atoms. The zero-order chi connectivity index (χ0) is 50.9. The quantitative estimate of drug-likeness (QED) is 0.0321. The van der Waals surface area contributed by atoms with Crippen LogP contribution in [0.4, 0.5) is 0 Å². The summed E-state index contributed by atoms with van der Waals surface area (Å²) in [5, 5.41) is 4.59. The van der Waals surface area contributed by atoms with Crippen molar-refractivity contribution in [3.05, 3.63) is 177 Å². The van der Waals surface area contributed by atoms with E-state index in [1.807, 2.05) is 45.3 Å². The lowest BCUT2D eigenvalue weighted by atomic mass is 9.89. The fraction of sp³-hybridized carbons (Fsp3) is 0.343. The molecule has 0 saturated carbocycles. The topological polar surface area (TPSA) is 0 Å². The van der Waals surface area contributed by atoms with Gasteiger partial charge >= 0.3 is 0 Å². The van der Waals surface area contributed by atoms with Crippen LogP contribution in [0.2, 0.25) is 0 Å². The molecule has 0 atom stereocenters. The molecule has 378 valence electrons. The predicted molar refractivity (Wildman–Crippen MR) is 331 cm³/mol. The van der Waals surface area contributed by atoms with Gasteiger partial charge in [0.05, 0.1) is 0 Å². The smallest absolute Gasteiger partial charge is 0.0449 e. The van der Waals surface area contributed by atoms with Gasteiger partial charge in [-0.1, -0.05) is 177 Å². The van der Waals surface area contributed by atoms with Gasteiger partial charge in [0, 0.05) is 61.3 Å². The monoisotopic (exact) mass is 1040 g/mol. The van der Waals surface area contributed by atoms with Crippen molar-refractivity contribution >= 4 is 66.9 Å². The van der Waals surface area contributed by atoms with E-state index in [9.17, 15) is 0 Å². The highest BCUT2D eigenvalue weighted by molar-refractivity contribution is 7.24. The van der Waals surface area contributed by atoms with Crippen LogP contribution in [-0.4, -0.2) is 0 Å². The summed E-state index contributed by atoms with van der Waals surface area (Å²) in [6, 6.07) is 50.8. The van der Waals surface area contributed by atoms with Gasteiger partial charge in [-0.05, 0) is 180 Å². The first-order chi connectivity index (χ1) is 36.5. The lowest BCUT2D eigenvalue weighted by Crippen LogP contribution is -1.92. The van der Waals surface area contributed by atoms with Crippen molar-refractivity contribution in [3.8, 4) is 64.1 Å². The molecule has 0 aliphatic rings. The number of rotatable bonds is 24. The Kier molecular flexibility index (Phi) is 19.7. The summed E-state index contributed by atoms with van der Waals surface area (Å²) in [5.41, 5.74) is 9.42. The molecule has 0 radical (unpaired) electrons. The molecule has 0 aliphatic carbocycles. The average molecular weight is 1040 g/mol. The van der Waals surface area contributed by atoms with Crippen LogP contribution in [0.1, 0.15) is 174 Å². The van der Waals surface area contributed by atoms with Crippen LogP contribution in [0.25, 0.3) is 61.9 Å². The summed E-state index contributed by atoms with van der Waals surface area (Å²) in [6.07, 6.45) is 25.1. The lowest BCUT2D eigenvalue weighted by molar-refractivity contribution is 0.667. The number of hydrogen-bond acceptors (Lipinski definition) is 4. The van der Waals surface area contributed by atoms with Gasteiger partial charge in [0.15, 0.2) is 0 Å². The van der Waals surface area contributed by atoms with E-state index in [2.05, 4.69) is 185 Å². The Labute approximate surface area is 460 Å². The van der Waals surface area contributed by atoms with E-state index in [0.717, 1.165) is 56.6 Å². The van der Waals surface area contributed by atoms with Crippen molar-refractivity contribution in [2.75, 3.05) is 0 Å². The van der Waals surface area contributed by atoms with E-state index in [-0.39, 0.29) is 0 Å². The molecular weight excluding hydrogens is 969 g/mol. The maximum atomic E-state index is 3.81. The number of thiophene rings is 4. The second-order valence-electron chi connectivity index (χ2n) is 20.3. The number of hydrogen-bond donors (Lipinski definition) is 0. The van der Waals surface area contributed by atoms with Crippen molar-refractivity contribution in [2.45, 2.75) is 156 Å². The minimum Gasteiger partial charge on any atom is -0.139 e. The second kappa shape index (κ2) is 27.4. The maximum Gasteiger partial charge on any atom is 0.0449 e. The second-order valence-corrected chi connectivity index (χ2v) is 24.8. The van der Waals surface area contributed by atoms with E-state index >= 15 is 0 Å². The van der Waals surface area contributed by atoms with Crippen LogP contribution in [0.3, 0.4) is 0 Å². The minimum absolute atomic E-state index is 1.04. The molecule has 0 aliphatic heterocycles. The Bertz CT molecular complexity index is 3110. The highest BCUT2D eigenvalue weighted by atomic mass is 32.1. The van der Waals surface area contributed by atoms with Crippen molar-refractivity contribution in [1.82, 2.24) is 0 Å². The maximum absolute atomic E-state index is 3.81. The molecule has 4 aromatic heterocycles. The van der Waals surface area contributed by atoms with Gasteiger partial charge in [-0.2, -0.15) is 0 Å². The zero-order valence-electron chi connectivity index (χ0n) is 44.5. The highest BCUT2D eigenvalue weighted by Gasteiger charge is 2.17. The zero-order valence-corrected chi connectivity index (χ0v) is 47.7. The van der Waals surface area contributed by atoms with Crippen LogP contribution < -0.4 is 0 Å². The molecule has 0 unspecified atom stereocenters. The van der Waals surface area contributed by atoms with Gasteiger partial charge in [-0.25, -0.2) is 0 Å². The molecule has 9 aromatic rings. The van der Waals surface area contributed by atoms with E-state index in [1.165, 1.54) is 177 Å². The summed E-state index contributed by atoms with van der Waals surface area (Å²) in [6.45, 7) is 9.13. The minimum atomic E-state index is 1.04. The Morgan fingerprint density at radius 2 is 0.635 bits per heavy atom. The molecular formula is C70H74S4. The molecule has 0 fully saturated rings. The van der Waals surface area contributed by atoms with Crippen LogP contribution in [0.5, 0.6) is 0 Å². The SMILES string of the molecule is CCCCCCc1ccc(C#Cc2c3ccc(-c4ccc(-c5ccc(CCCCCC)s5)s4)cc3c(C#Cc3ccc(CCCCCC)cc3)c3ccc(-c4ccc(-c5ccc(CCCCCC)s5)s4)cc23)cc1. The standard InChI is InChI=1S/C70H74S4/c1-5-9-13-17-21-51-25-29-53(30-26-51)33-39-59-61-41-35-56(66-46-48-70(74-66)68-44-38-58(72-68)24-20-16-12-8-4)50-64(61)60(40-34-54-31-27-52(28-32-54)22-18-14-10-6-2)62-42-36-55(49-63(59)62)65-45-47-69(73-65)67-43-37-57(71-67)23-19-15-11-7-3/h25-32,35-38,41-50H,5-24H2,1-4H3. The number of fused-ring (bicyclic) bond motifs is 2. The van der Waals surface area contributed by atoms with Crippen molar-refractivity contribution in [1.29, 1.82) is 0 Å². The van der Waals surface area contributed by atoms with Crippen molar-refractivity contribution in [2.24, 2.45) is 0 Å². The fourth-order valence-electron chi connectivity index (χ4n) is 10.1.